The molecule has 0 N–H and O–H groups in total. The number of piperidine rings is 1. The molecule has 3 aliphatic rings. The maximum atomic E-state index is 12.9. The van der Waals surface area contributed by atoms with Gasteiger partial charge in [0, 0.05) is 30.2 Å². The molecule has 3 fully saturated rings. The number of thiazole rings is 1. The quantitative estimate of drug-likeness (QED) is 0.847. The van der Waals surface area contributed by atoms with Crippen LogP contribution >= 0.6 is 11.3 Å². The number of hydrogen-bond acceptors (Lipinski definition) is 6. The molecule has 2 aromatic heterocycles. The molecule has 5 rings (SSSR count). The molecule has 3 saturated heterocycles. The van der Waals surface area contributed by atoms with Gasteiger partial charge in [-0.05, 0) is 31.9 Å². The SMILES string of the molecule is Cc1ccc(C#N)c(N2C[C@@H]3CC[C@H](C2)N(Cc2cscn2)C3=O)n1. The number of anilines is 1. The van der Waals surface area contributed by atoms with E-state index >= 15 is 0 Å². The summed E-state index contributed by atoms with van der Waals surface area (Å²) >= 11 is 1.55. The number of carbonyl (C=O) groups excluding carboxylic acids is 1. The van der Waals surface area contributed by atoms with Crippen LogP contribution in [-0.4, -0.2) is 39.9 Å². The molecule has 0 saturated carbocycles. The molecule has 3 aliphatic heterocycles. The minimum atomic E-state index is -0.0359. The highest BCUT2D eigenvalue weighted by Gasteiger charge is 2.41. The van der Waals surface area contributed by atoms with Crippen LogP contribution in [0.4, 0.5) is 5.82 Å². The highest BCUT2D eigenvalue weighted by atomic mass is 32.1. The Hall–Kier alpha value is -2.46. The zero-order valence-electron chi connectivity index (χ0n) is 14.1. The molecule has 0 unspecified atom stereocenters. The fourth-order valence-electron chi connectivity index (χ4n) is 3.78. The molecule has 6 nitrogen and oxygen atoms in total. The number of amides is 1. The Balaban J connectivity index is 1.64. The smallest absolute Gasteiger partial charge is 0.228 e. The van der Waals surface area contributed by atoms with Crippen molar-refractivity contribution in [2.75, 3.05) is 18.0 Å². The zero-order chi connectivity index (χ0) is 17.4. The van der Waals surface area contributed by atoms with Gasteiger partial charge >= 0.3 is 0 Å². The highest BCUT2D eigenvalue weighted by Crippen LogP contribution is 2.33. The minimum Gasteiger partial charge on any atom is -0.353 e. The molecule has 0 aromatic carbocycles. The molecular weight excluding hydrogens is 334 g/mol. The summed E-state index contributed by atoms with van der Waals surface area (Å²) in [5, 5.41) is 11.4. The van der Waals surface area contributed by atoms with Crippen LogP contribution in [0, 0.1) is 24.2 Å². The van der Waals surface area contributed by atoms with Gasteiger partial charge in [-0.25, -0.2) is 9.97 Å². The van der Waals surface area contributed by atoms with Crippen molar-refractivity contribution in [3.63, 3.8) is 0 Å². The van der Waals surface area contributed by atoms with Gasteiger partial charge in [-0.2, -0.15) is 5.26 Å². The van der Waals surface area contributed by atoms with E-state index < -0.39 is 0 Å². The summed E-state index contributed by atoms with van der Waals surface area (Å²) < 4.78 is 0. The second kappa shape index (κ2) is 6.45. The molecule has 0 radical (unpaired) electrons. The summed E-state index contributed by atoms with van der Waals surface area (Å²) in [7, 11) is 0. The number of carbonyl (C=O) groups is 1. The van der Waals surface area contributed by atoms with Crippen molar-refractivity contribution in [1.29, 1.82) is 5.26 Å². The first-order chi connectivity index (χ1) is 12.2. The molecule has 2 bridgehead atoms. The minimum absolute atomic E-state index is 0.0359. The lowest BCUT2D eigenvalue weighted by Gasteiger charge is -2.35. The van der Waals surface area contributed by atoms with Gasteiger partial charge in [0.1, 0.15) is 11.9 Å². The van der Waals surface area contributed by atoms with Crippen LogP contribution < -0.4 is 4.90 Å². The first-order valence-electron chi connectivity index (χ1n) is 8.46. The Bertz CT molecular complexity index is 828. The van der Waals surface area contributed by atoms with E-state index in [1.807, 2.05) is 29.3 Å². The number of pyridine rings is 1. The third kappa shape index (κ3) is 2.98. The van der Waals surface area contributed by atoms with Crippen molar-refractivity contribution >= 4 is 23.1 Å². The number of nitriles is 1. The van der Waals surface area contributed by atoms with Crippen LogP contribution in [0.3, 0.4) is 0 Å². The predicted octanol–water partition coefficient (Wildman–Crippen LogP) is 2.35. The van der Waals surface area contributed by atoms with Gasteiger partial charge < -0.3 is 9.80 Å². The fourth-order valence-corrected chi connectivity index (χ4v) is 4.33. The summed E-state index contributed by atoms with van der Waals surface area (Å²) in [6.07, 6.45) is 1.89. The van der Waals surface area contributed by atoms with Crippen LogP contribution in [0.1, 0.15) is 29.8 Å². The lowest BCUT2D eigenvalue weighted by molar-refractivity contribution is -0.140. The van der Waals surface area contributed by atoms with Crippen molar-refractivity contribution in [2.24, 2.45) is 5.92 Å². The van der Waals surface area contributed by atoms with E-state index in [1.165, 1.54) is 0 Å². The fraction of sp³-hybridized carbons (Fsp3) is 0.444. The largest absolute Gasteiger partial charge is 0.353 e. The Labute approximate surface area is 150 Å². The van der Waals surface area contributed by atoms with Crippen molar-refractivity contribution in [3.8, 4) is 6.07 Å². The maximum Gasteiger partial charge on any atom is 0.228 e. The molecule has 0 aliphatic carbocycles. The number of aromatic nitrogens is 2. The number of fused-ring (bicyclic) bond motifs is 4. The summed E-state index contributed by atoms with van der Waals surface area (Å²) in [4.78, 5) is 26.0. The van der Waals surface area contributed by atoms with Crippen LogP contribution in [0.2, 0.25) is 0 Å². The third-order valence-corrected chi connectivity index (χ3v) is 5.68. The monoisotopic (exact) mass is 353 g/mol. The van der Waals surface area contributed by atoms with Gasteiger partial charge in [0.05, 0.1) is 29.2 Å². The highest BCUT2D eigenvalue weighted by molar-refractivity contribution is 7.07. The first kappa shape index (κ1) is 16.0. The van der Waals surface area contributed by atoms with Gasteiger partial charge in [0.2, 0.25) is 5.91 Å². The summed E-state index contributed by atoms with van der Waals surface area (Å²) in [6, 6.07) is 6.05. The molecule has 5 heterocycles. The van der Waals surface area contributed by atoms with Crippen LogP contribution in [0.25, 0.3) is 0 Å². The molecule has 25 heavy (non-hydrogen) atoms. The van der Waals surface area contributed by atoms with Crippen LogP contribution in [0.15, 0.2) is 23.0 Å². The van der Waals surface area contributed by atoms with E-state index in [4.69, 9.17) is 0 Å². The molecule has 1 amide bonds. The number of hydrogen-bond donors (Lipinski definition) is 0. The number of rotatable bonds is 3. The molecule has 2 atom stereocenters. The Morgan fingerprint density at radius 3 is 3.00 bits per heavy atom. The van der Waals surface area contributed by atoms with Crippen LogP contribution in [-0.2, 0) is 11.3 Å². The Morgan fingerprint density at radius 1 is 1.36 bits per heavy atom. The first-order valence-corrected chi connectivity index (χ1v) is 9.40. The van der Waals surface area contributed by atoms with Gasteiger partial charge in [-0.3, -0.25) is 4.79 Å². The lowest BCUT2D eigenvalue weighted by atomic mass is 9.94. The van der Waals surface area contributed by atoms with E-state index in [9.17, 15) is 10.1 Å². The average molecular weight is 353 g/mol. The van der Waals surface area contributed by atoms with E-state index in [0.29, 0.717) is 24.5 Å². The molecule has 128 valence electrons. The van der Waals surface area contributed by atoms with Crippen LogP contribution in [0.5, 0.6) is 0 Å². The van der Waals surface area contributed by atoms with E-state index in [1.54, 1.807) is 16.8 Å². The number of nitrogens with zero attached hydrogens (tertiary/aromatic N) is 5. The second-order valence-corrected chi connectivity index (χ2v) is 7.43. The zero-order valence-corrected chi connectivity index (χ0v) is 14.9. The standard InChI is InChI=1S/C18H19N5OS/c1-12-2-3-13(6-19)17(21-12)22-7-14-4-5-16(9-22)23(18(14)24)8-15-10-25-11-20-15/h2-3,10-11,14,16H,4-5,7-9H2,1H3/t14-,16+/m0/s1. The molecule has 7 heteroatoms. The topological polar surface area (TPSA) is 73.1 Å². The average Bonchev–Trinajstić information content (AvgIpc) is 2.98. The third-order valence-electron chi connectivity index (χ3n) is 5.04. The molecular formula is C18H19N5OS. The molecule has 2 aromatic rings. The lowest BCUT2D eigenvalue weighted by Crippen LogP contribution is -2.47. The summed E-state index contributed by atoms with van der Waals surface area (Å²) in [6.45, 7) is 3.85. The van der Waals surface area contributed by atoms with Gasteiger partial charge in [0.15, 0.2) is 0 Å². The van der Waals surface area contributed by atoms with Gasteiger partial charge in [0.25, 0.3) is 0 Å². The van der Waals surface area contributed by atoms with E-state index in [-0.39, 0.29) is 17.9 Å². The summed E-state index contributed by atoms with van der Waals surface area (Å²) in [5.41, 5.74) is 4.21. The van der Waals surface area contributed by atoms with Crippen molar-refractivity contribution in [3.05, 3.63) is 40.0 Å². The van der Waals surface area contributed by atoms with Crippen molar-refractivity contribution in [1.82, 2.24) is 14.9 Å². The maximum absolute atomic E-state index is 12.9. The van der Waals surface area contributed by atoms with E-state index in [2.05, 4.69) is 20.9 Å². The van der Waals surface area contributed by atoms with Gasteiger partial charge in [-0.15, -0.1) is 11.3 Å². The van der Waals surface area contributed by atoms with E-state index in [0.717, 1.165) is 30.8 Å². The Kier molecular flexibility index (Phi) is 4.14. The van der Waals surface area contributed by atoms with Crippen molar-refractivity contribution < 1.29 is 4.79 Å². The Morgan fingerprint density at radius 2 is 2.24 bits per heavy atom. The molecule has 0 spiro atoms. The second-order valence-electron chi connectivity index (χ2n) is 6.71. The summed E-state index contributed by atoms with van der Waals surface area (Å²) in [5.74, 6) is 0.881. The normalized spacial score (nSPS) is 22.8. The van der Waals surface area contributed by atoms with Gasteiger partial charge in [-0.1, -0.05) is 0 Å². The predicted molar refractivity (Wildman–Crippen MR) is 95.1 cm³/mol. The van der Waals surface area contributed by atoms with Crippen molar-refractivity contribution in [2.45, 2.75) is 32.4 Å². The number of aryl methyl sites for hydroxylation is 1.